The summed E-state index contributed by atoms with van der Waals surface area (Å²) in [6, 6.07) is 0.393. The van der Waals surface area contributed by atoms with Gasteiger partial charge >= 0.3 is 0 Å². The summed E-state index contributed by atoms with van der Waals surface area (Å²) in [4.78, 5) is 4.44. The first-order chi connectivity index (χ1) is 14.4. The Bertz CT molecular complexity index is 363. The van der Waals surface area contributed by atoms with Gasteiger partial charge in [-0.15, -0.1) is 0 Å². The van der Waals surface area contributed by atoms with Crippen molar-refractivity contribution in [1.82, 2.24) is 15.1 Å². The molecule has 3 atom stereocenters. The van der Waals surface area contributed by atoms with Crippen molar-refractivity contribution in [3.63, 3.8) is 0 Å². The first-order valence-corrected chi connectivity index (χ1v) is 12.0. The number of ether oxygens (including phenoxy) is 2. The number of nitrogens with one attached hydrogen (secondary N) is 1. The molecule has 0 aliphatic heterocycles. The van der Waals surface area contributed by atoms with Gasteiger partial charge < -0.3 is 34.8 Å². The van der Waals surface area contributed by atoms with Gasteiger partial charge in [-0.05, 0) is 66.3 Å². The summed E-state index contributed by atoms with van der Waals surface area (Å²) in [6.07, 6.45) is 6.57. The Hall–Kier alpha value is -0.280. The molecular formula is C23H51N3O4. The predicted molar refractivity (Wildman–Crippen MR) is 125 cm³/mol. The number of aliphatic hydroxyl groups excluding tert-OH is 2. The van der Waals surface area contributed by atoms with E-state index in [1.54, 1.807) is 0 Å². The predicted octanol–water partition coefficient (Wildman–Crippen LogP) is 1.96. The fourth-order valence-electron chi connectivity index (χ4n) is 3.44. The zero-order chi connectivity index (χ0) is 22.6. The Morgan fingerprint density at radius 2 is 1.40 bits per heavy atom. The summed E-state index contributed by atoms with van der Waals surface area (Å²) >= 11 is 0. The maximum atomic E-state index is 10.3. The molecular weight excluding hydrogens is 382 g/mol. The third kappa shape index (κ3) is 17.4. The number of likely N-dealkylation sites (N-methyl/N-ethyl adjacent to an activating group) is 2. The highest BCUT2D eigenvalue weighted by atomic mass is 16.5. The first kappa shape index (κ1) is 29.7. The molecule has 182 valence electrons. The normalized spacial score (nSPS) is 15.1. The van der Waals surface area contributed by atoms with E-state index in [1.165, 1.54) is 0 Å². The molecule has 0 amide bonds. The monoisotopic (exact) mass is 433 g/mol. The maximum absolute atomic E-state index is 10.3. The molecule has 0 heterocycles. The van der Waals surface area contributed by atoms with Gasteiger partial charge in [-0.25, -0.2) is 0 Å². The topological polar surface area (TPSA) is 77.4 Å². The van der Waals surface area contributed by atoms with Gasteiger partial charge in [0.15, 0.2) is 0 Å². The van der Waals surface area contributed by atoms with Crippen LogP contribution in [0.1, 0.15) is 58.8 Å². The quantitative estimate of drug-likeness (QED) is 0.225. The van der Waals surface area contributed by atoms with Crippen molar-refractivity contribution in [3.8, 4) is 0 Å². The lowest BCUT2D eigenvalue weighted by Crippen LogP contribution is -2.42. The summed E-state index contributed by atoms with van der Waals surface area (Å²) in [7, 11) is 6.12. The molecule has 0 aliphatic carbocycles. The number of unbranched alkanes of at least 4 members (excludes halogenated alkanes) is 2. The Morgan fingerprint density at radius 3 is 1.93 bits per heavy atom. The minimum Gasteiger partial charge on any atom is -0.389 e. The molecule has 0 fully saturated rings. The van der Waals surface area contributed by atoms with Crippen LogP contribution in [-0.2, 0) is 9.47 Å². The summed E-state index contributed by atoms with van der Waals surface area (Å²) < 4.78 is 11.1. The lowest BCUT2D eigenvalue weighted by Gasteiger charge is -2.31. The molecule has 0 aliphatic rings. The third-order valence-electron chi connectivity index (χ3n) is 5.36. The van der Waals surface area contributed by atoms with Crippen LogP contribution >= 0.6 is 0 Å². The van der Waals surface area contributed by atoms with Gasteiger partial charge in [0.05, 0.1) is 25.4 Å². The van der Waals surface area contributed by atoms with Crippen LogP contribution in [0.2, 0.25) is 0 Å². The molecule has 0 bridgehead atoms. The number of hydrogen-bond acceptors (Lipinski definition) is 7. The molecule has 3 N–H and O–H groups in total. The largest absolute Gasteiger partial charge is 0.389 e. The van der Waals surface area contributed by atoms with E-state index >= 15 is 0 Å². The van der Waals surface area contributed by atoms with E-state index in [2.05, 4.69) is 43.1 Å². The molecule has 0 saturated heterocycles. The van der Waals surface area contributed by atoms with Crippen molar-refractivity contribution < 1.29 is 19.7 Å². The van der Waals surface area contributed by atoms with Gasteiger partial charge in [-0.3, -0.25) is 0 Å². The standard InChI is InChI=1S/C23H51N3O4/c1-6-8-15-29-19-22(27)17-25(4)14-12-21(11-10-13-24-3)26(5)18-23(28)20-30-16-9-7-2/h21-24,27-28H,6-20H2,1-5H3. The number of nitrogens with zero attached hydrogens (tertiary/aromatic N) is 2. The van der Waals surface area contributed by atoms with Gasteiger partial charge in [0.2, 0.25) is 0 Å². The molecule has 0 aromatic carbocycles. The van der Waals surface area contributed by atoms with Crippen molar-refractivity contribution in [1.29, 1.82) is 0 Å². The Balaban J connectivity index is 4.34. The van der Waals surface area contributed by atoms with E-state index in [1.807, 2.05) is 7.05 Å². The lowest BCUT2D eigenvalue weighted by molar-refractivity contribution is 0.00842. The van der Waals surface area contributed by atoms with Gasteiger partial charge in [-0.1, -0.05) is 26.7 Å². The van der Waals surface area contributed by atoms with Crippen LogP contribution in [0.4, 0.5) is 0 Å². The van der Waals surface area contributed by atoms with E-state index in [0.717, 1.165) is 71.2 Å². The second-order valence-electron chi connectivity index (χ2n) is 8.55. The second kappa shape index (κ2) is 20.6. The summed E-state index contributed by atoms with van der Waals surface area (Å²) in [5.74, 6) is 0. The van der Waals surface area contributed by atoms with Crippen LogP contribution in [0.15, 0.2) is 0 Å². The highest BCUT2D eigenvalue weighted by molar-refractivity contribution is 4.74. The number of aliphatic hydroxyl groups is 2. The van der Waals surface area contributed by atoms with Crippen LogP contribution in [0.5, 0.6) is 0 Å². The zero-order valence-corrected chi connectivity index (χ0v) is 20.4. The van der Waals surface area contributed by atoms with Gasteiger partial charge in [0, 0.05) is 32.3 Å². The summed E-state index contributed by atoms with van der Waals surface area (Å²) in [5, 5.41) is 23.7. The average Bonchev–Trinajstić information content (AvgIpc) is 2.71. The van der Waals surface area contributed by atoms with Crippen molar-refractivity contribution in [2.45, 2.75) is 77.0 Å². The molecule has 3 unspecified atom stereocenters. The van der Waals surface area contributed by atoms with E-state index in [0.29, 0.717) is 32.3 Å². The van der Waals surface area contributed by atoms with Gasteiger partial charge in [0.1, 0.15) is 0 Å². The van der Waals surface area contributed by atoms with Crippen LogP contribution < -0.4 is 5.32 Å². The minimum atomic E-state index is -0.460. The number of hydrogen-bond donors (Lipinski definition) is 3. The fraction of sp³-hybridized carbons (Fsp3) is 1.00. The first-order valence-electron chi connectivity index (χ1n) is 12.0. The molecule has 0 spiro atoms. The maximum Gasteiger partial charge on any atom is 0.0900 e. The van der Waals surface area contributed by atoms with Crippen LogP contribution in [-0.4, -0.2) is 112 Å². The van der Waals surface area contributed by atoms with E-state index < -0.39 is 12.2 Å². The number of rotatable bonds is 22. The van der Waals surface area contributed by atoms with Crippen molar-refractivity contribution in [2.75, 3.05) is 73.7 Å². The summed E-state index contributed by atoms with van der Waals surface area (Å²) in [6.45, 7) is 9.66. The molecule has 0 radical (unpaired) electrons. The smallest absolute Gasteiger partial charge is 0.0900 e. The van der Waals surface area contributed by atoms with Crippen molar-refractivity contribution in [2.24, 2.45) is 0 Å². The van der Waals surface area contributed by atoms with E-state index in [9.17, 15) is 10.2 Å². The molecule has 0 aromatic heterocycles. The van der Waals surface area contributed by atoms with Crippen molar-refractivity contribution in [3.05, 3.63) is 0 Å². The summed E-state index contributed by atoms with van der Waals surface area (Å²) in [5.41, 5.74) is 0. The minimum absolute atomic E-state index is 0.393. The molecule has 0 aromatic rings. The van der Waals surface area contributed by atoms with Gasteiger partial charge in [-0.2, -0.15) is 0 Å². The van der Waals surface area contributed by atoms with Crippen molar-refractivity contribution >= 4 is 0 Å². The molecule has 30 heavy (non-hydrogen) atoms. The molecule has 0 saturated carbocycles. The van der Waals surface area contributed by atoms with Crippen LogP contribution in [0.3, 0.4) is 0 Å². The Kier molecular flexibility index (Phi) is 20.4. The van der Waals surface area contributed by atoms with E-state index in [4.69, 9.17) is 9.47 Å². The average molecular weight is 434 g/mol. The zero-order valence-electron chi connectivity index (χ0n) is 20.4. The second-order valence-corrected chi connectivity index (χ2v) is 8.55. The van der Waals surface area contributed by atoms with Gasteiger partial charge in [0.25, 0.3) is 0 Å². The lowest BCUT2D eigenvalue weighted by atomic mass is 10.1. The Labute approximate surface area is 186 Å². The molecule has 0 rings (SSSR count). The molecule has 7 heteroatoms. The fourth-order valence-corrected chi connectivity index (χ4v) is 3.44. The van der Waals surface area contributed by atoms with Crippen LogP contribution in [0, 0.1) is 0 Å². The van der Waals surface area contributed by atoms with E-state index in [-0.39, 0.29) is 0 Å². The highest BCUT2D eigenvalue weighted by Crippen LogP contribution is 2.12. The van der Waals surface area contributed by atoms with Crippen LogP contribution in [0.25, 0.3) is 0 Å². The molecule has 7 nitrogen and oxygen atoms in total. The third-order valence-corrected chi connectivity index (χ3v) is 5.36. The highest BCUT2D eigenvalue weighted by Gasteiger charge is 2.19. The Morgan fingerprint density at radius 1 is 0.833 bits per heavy atom. The SMILES string of the molecule is CCCCOCC(O)CN(C)CCC(CCCNC)N(C)CC(O)COCCCC.